The van der Waals surface area contributed by atoms with Crippen LogP contribution >= 0.6 is 11.3 Å². The summed E-state index contributed by atoms with van der Waals surface area (Å²) in [6.07, 6.45) is 6.12. The molecule has 1 atom stereocenters. The van der Waals surface area contributed by atoms with Gasteiger partial charge in [-0.25, -0.2) is 4.98 Å². The zero-order valence-electron chi connectivity index (χ0n) is 18.0. The van der Waals surface area contributed by atoms with Crippen LogP contribution in [0.25, 0.3) is 10.2 Å². The molecule has 0 radical (unpaired) electrons. The lowest BCUT2D eigenvalue weighted by atomic mass is 9.96. The number of fused-ring (bicyclic) bond motifs is 3. The van der Waals surface area contributed by atoms with Crippen molar-refractivity contribution in [2.75, 3.05) is 0 Å². The lowest BCUT2D eigenvalue weighted by molar-refractivity contribution is 0.588. The van der Waals surface area contributed by atoms with Crippen molar-refractivity contribution < 1.29 is 0 Å². The minimum absolute atomic E-state index is 0.163. The predicted octanol–water partition coefficient (Wildman–Crippen LogP) is 5.93. The highest BCUT2D eigenvalue weighted by atomic mass is 32.1. The second-order valence-electron chi connectivity index (χ2n) is 8.63. The minimum Gasteiger partial charge on any atom is -0.296 e. The summed E-state index contributed by atoms with van der Waals surface area (Å²) >= 11 is 1.75. The molecule has 0 fully saturated rings. The van der Waals surface area contributed by atoms with E-state index in [1.165, 1.54) is 34.4 Å². The third kappa shape index (κ3) is 4.09. The number of thiophene rings is 1. The Bertz CT molecular complexity index is 1240. The van der Waals surface area contributed by atoms with E-state index in [1.54, 1.807) is 11.3 Å². The first-order valence-corrected chi connectivity index (χ1v) is 12.1. The van der Waals surface area contributed by atoms with E-state index < -0.39 is 0 Å². The highest BCUT2D eigenvalue weighted by molar-refractivity contribution is 7.18. The van der Waals surface area contributed by atoms with Crippen molar-refractivity contribution in [2.45, 2.75) is 57.9 Å². The maximum Gasteiger partial charge on any atom is 0.262 e. The van der Waals surface area contributed by atoms with Gasteiger partial charge in [-0.05, 0) is 54.7 Å². The summed E-state index contributed by atoms with van der Waals surface area (Å²) in [7, 11) is 0. The van der Waals surface area contributed by atoms with E-state index in [2.05, 4.69) is 55.5 Å². The van der Waals surface area contributed by atoms with Crippen LogP contribution in [0.3, 0.4) is 0 Å². The van der Waals surface area contributed by atoms with Gasteiger partial charge in [0.2, 0.25) is 0 Å². The Balaban J connectivity index is 1.57. The number of aryl methyl sites for hydroxylation is 3. The summed E-state index contributed by atoms with van der Waals surface area (Å²) in [5.41, 5.74) is 3.98. The number of aromatic nitrogens is 2. The molecule has 5 rings (SSSR count). The van der Waals surface area contributed by atoms with Crippen LogP contribution in [0.15, 0.2) is 65.5 Å². The van der Waals surface area contributed by atoms with Gasteiger partial charge < -0.3 is 0 Å². The second kappa shape index (κ2) is 8.80. The van der Waals surface area contributed by atoms with Crippen LogP contribution < -0.4 is 5.56 Å². The van der Waals surface area contributed by atoms with Crippen LogP contribution in [0.5, 0.6) is 0 Å². The summed E-state index contributed by atoms with van der Waals surface area (Å²) in [5, 5.41) is 0.892. The first-order valence-electron chi connectivity index (χ1n) is 11.3. The van der Waals surface area contributed by atoms with Gasteiger partial charge in [0.05, 0.1) is 5.39 Å². The molecule has 0 saturated carbocycles. The van der Waals surface area contributed by atoms with Crippen molar-refractivity contribution in [1.29, 1.82) is 0 Å². The van der Waals surface area contributed by atoms with E-state index in [0.717, 1.165) is 41.7 Å². The zero-order chi connectivity index (χ0) is 21.2. The van der Waals surface area contributed by atoms with Crippen LogP contribution in [0.1, 0.15) is 53.1 Å². The molecule has 0 N–H and O–H groups in total. The molecule has 0 aliphatic heterocycles. The van der Waals surface area contributed by atoms with Crippen molar-refractivity contribution in [3.63, 3.8) is 0 Å². The summed E-state index contributed by atoms with van der Waals surface area (Å²) in [6, 6.07) is 21.0. The van der Waals surface area contributed by atoms with Crippen molar-refractivity contribution >= 4 is 21.6 Å². The molecule has 3 nitrogen and oxygen atoms in total. The predicted molar refractivity (Wildman–Crippen MR) is 129 cm³/mol. The van der Waals surface area contributed by atoms with Crippen LogP contribution in [0.2, 0.25) is 0 Å². The monoisotopic (exact) mass is 428 g/mol. The Hall–Kier alpha value is -2.72. The van der Waals surface area contributed by atoms with Gasteiger partial charge in [0.1, 0.15) is 10.7 Å². The molecule has 0 saturated heterocycles. The fourth-order valence-electron chi connectivity index (χ4n) is 4.73. The molecule has 2 aromatic carbocycles. The van der Waals surface area contributed by atoms with Crippen LogP contribution in [0, 0.1) is 0 Å². The fourth-order valence-corrected chi connectivity index (χ4v) is 6.00. The van der Waals surface area contributed by atoms with Gasteiger partial charge in [0.25, 0.3) is 5.56 Å². The number of hydrogen-bond acceptors (Lipinski definition) is 3. The summed E-state index contributed by atoms with van der Waals surface area (Å²) in [6.45, 7) is 2.90. The number of rotatable bonds is 6. The molecule has 0 spiro atoms. The smallest absolute Gasteiger partial charge is 0.262 e. The molecule has 0 bridgehead atoms. The van der Waals surface area contributed by atoms with Crippen molar-refractivity contribution in [2.24, 2.45) is 0 Å². The number of benzene rings is 2. The summed E-state index contributed by atoms with van der Waals surface area (Å²) < 4.78 is 1.97. The van der Waals surface area contributed by atoms with E-state index in [-0.39, 0.29) is 5.56 Å². The molecule has 0 unspecified atom stereocenters. The first kappa shape index (κ1) is 20.2. The summed E-state index contributed by atoms with van der Waals surface area (Å²) in [5.74, 6) is 1.23. The molecule has 0 amide bonds. The van der Waals surface area contributed by atoms with Gasteiger partial charge in [-0.15, -0.1) is 11.3 Å². The maximum absolute atomic E-state index is 13.8. The van der Waals surface area contributed by atoms with Crippen molar-refractivity contribution in [3.8, 4) is 0 Å². The molecule has 4 heteroatoms. The van der Waals surface area contributed by atoms with Gasteiger partial charge in [-0.3, -0.25) is 9.36 Å². The lowest BCUT2D eigenvalue weighted by Gasteiger charge is -2.17. The third-order valence-corrected chi connectivity index (χ3v) is 7.66. The fraction of sp³-hybridized carbons (Fsp3) is 0.333. The minimum atomic E-state index is 0.163. The highest BCUT2D eigenvalue weighted by Gasteiger charge is 2.23. The average Bonchev–Trinajstić information content (AvgIpc) is 3.18. The van der Waals surface area contributed by atoms with Gasteiger partial charge in [-0.1, -0.05) is 67.6 Å². The van der Waals surface area contributed by atoms with E-state index in [0.29, 0.717) is 12.5 Å². The molecule has 2 heterocycles. The van der Waals surface area contributed by atoms with Crippen LogP contribution in [-0.4, -0.2) is 9.55 Å². The molecule has 1 aliphatic rings. The Morgan fingerprint density at radius 1 is 1.00 bits per heavy atom. The topological polar surface area (TPSA) is 34.9 Å². The Morgan fingerprint density at radius 3 is 2.48 bits per heavy atom. The zero-order valence-corrected chi connectivity index (χ0v) is 18.8. The van der Waals surface area contributed by atoms with Crippen LogP contribution in [-0.2, 0) is 32.2 Å². The van der Waals surface area contributed by atoms with Gasteiger partial charge in [-0.2, -0.15) is 0 Å². The van der Waals surface area contributed by atoms with E-state index >= 15 is 0 Å². The van der Waals surface area contributed by atoms with Gasteiger partial charge in [0.15, 0.2) is 0 Å². The van der Waals surface area contributed by atoms with Crippen LogP contribution in [0.4, 0.5) is 0 Å². The molecule has 4 aromatic rings. The SMILES string of the molecule is C[C@H](Cc1nc2sc3c(c2c(=O)n1CCc1ccccc1)CCCC3)c1ccccc1. The Labute approximate surface area is 187 Å². The number of hydrogen-bond donors (Lipinski definition) is 0. The third-order valence-electron chi connectivity index (χ3n) is 6.48. The maximum atomic E-state index is 13.8. The lowest BCUT2D eigenvalue weighted by Crippen LogP contribution is -2.27. The van der Waals surface area contributed by atoms with E-state index in [1.807, 2.05) is 16.7 Å². The molecular formula is C27H28N2OS. The van der Waals surface area contributed by atoms with Gasteiger partial charge in [0, 0.05) is 17.8 Å². The van der Waals surface area contributed by atoms with E-state index in [9.17, 15) is 4.79 Å². The summed E-state index contributed by atoms with van der Waals surface area (Å²) in [4.78, 5) is 21.2. The highest BCUT2D eigenvalue weighted by Crippen LogP contribution is 2.34. The molecule has 31 heavy (non-hydrogen) atoms. The molecule has 1 aliphatic carbocycles. The van der Waals surface area contributed by atoms with Crippen molar-refractivity contribution in [1.82, 2.24) is 9.55 Å². The normalized spacial score (nSPS) is 14.5. The van der Waals surface area contributed by atoms with Crippen molar-refractivity contribution in [3.05, 3.63) is 98.4 Å². The molecule has 158 valence electrons. The Morgan fingerprint density at radius 2 is 1.71 bits per heavy atom. The largest absolute Gasteiger partial charge is 0.296 e. The molecule has 2 aromatic heterocycles. The average molecular weight is 429 g/mol. The molecular weight excluding hydrogens is 400 g/mol. The quantitative estimate of drug-likeness (QED) is 0.382. The first-order chi connectivity index (χ1) is 15.2. The van der Waals surface area contributed by atoms with E-state index in [4.69, 9.17) is 4.98 Å². The number of nitrogens with zero attached hydrogens (tertiary/aromatic N) is 2. The Kier molecular flexibility index (Phi) is 5.73. The van der Waals surface area contributed by atoms with Gasteiger partial charge >= 0.3 is 0 Å². The standard InChI is InChI=1S/C27H28N2OS/c1-19(21-12-6-3-7-13-21)18-24-28-26-25(22-14-8-9-15-23(22)31-26)27(30)29(24)17-16-20-10-4-2-5-11-20/h2-7,10-13,19H,8-9,14-18H2,1H3/t19-/m1/s1. The second-order valence-corrected chi connectivity index (χ2v) is 9.71.